The van der Waals surface area contributed by atoms with Gasteiger partial charge in [-0.1, -0.05) is 11.5 Å². The van der Waals surface area contributed by atoms with E-state index in [-0.39, 0.29) is 0 Å². The number of thiol groups is 3. The first kappa shape index (κ1) is 14.5. The van der Waals surface area contributed by atoms with Crippen LogP contribution in [0.3, 0.4) is 0 Å². The monoisotopic (exact) mass is 318 g/mol. The van der Waals surface area contributed by atoms with Crippen LogP contribution in [-0.4, -0.2) is 25.9 Å². The third-order valence-electron chi connectivity index (χ3n) is 3.85. The lowest BCUT2D eigenvalue weighted by molar-refractivity contribution is 0.738. The van der Waals surface area contributed by atoms with Crippen molar-refractivity contribution >= 4 is 67.7 Å². The van der Waals surface area contributed by atoms with Crippen molar-refractivity contribution in [3.8, 4) is 0 Å². The Morgan fingerprint density at radius 1 is 1.20 bits per heavy atom. The number of hydrogen-bond donors (Lipinski definition) is 5. The maximum atomic E-state index is 6.22. The van der Waals surface area contributed by atoms with Crippen molar-refractivity contribution in [2.24, 2.45) is 0 Å². The Morgan fingerprint density at radius 2 is 1.95 bits per heavy atom. The molecule has 1 aliphatic rings. The van der Waals surface area contributed by atoms with Gasteiger partial charge in [0.05, 0.1) is 5.03 Å². The Balaban J connectivity index is 2.38. The summed E-state index contributed by atoms with van der Waals surface area (Å²) in [5.74, 6) is 0. The van der Waals surface area contributed by atoms with E-state index in [0.717, 1.165) is 61.8 Å². The molecule has 2 N–H and O–H groups in total. The van der Waals surface area contributed by atoms with Gasteiger partial charge in [-0.05, 0) is 31.0 Å². The molecule has 20 heavy (non-hydrogen) atoms. The quantitative estimate of drug-likeness (QED) is 0.406. The standard InChI is InChI=1S/C14H15BN2S3/c1-6-10(15)11-9(13(19)12(6)18)8(14(20)17-11)7-2-4-16-5-3-7/h2,16-20H,3-5H2,1H3. The van der Waals surface area contributed by atoms with Gasteiger partial charge in [0.25, 0.3) is 0 Å². The zero-order chi connectivity index (χ0) is 14.4. The van der Waals surface area contributed by atoms with E-state index in [1.54, 1.807) is 0 Å². The molecule has 3 rings (SSSR count). The first-order valence-electron chi connectivity index (χ1n) is 6.47. The molecule has 1 aromatic carbocycles. The van der Waals surface area contributed by atoms with Gasteiger partial charge >= 0.3 is 0 Å². The van der Waals surface area contributed by atoms with Crippen molar-refractivity contribution < 1.29 is 0 Å². The van der Waals surface area contributed by atoms with E-state index in [1.807, 2.05) is 6.92 Å². The Labute approximate surface area is 136 Å². The lowest BCUT2D eigenvalue weighted by atomic mass is 9.87. The van der Waals surface area contributed by atoms with Crippen LogP contribution in [0.1, 0.15) is 17.5 Å². The Kier molecular flexibility index (Phi) is 3.92. The molecule has 0 fully saturated rings. The number of hydrogen-bond acceptors (Lipinski definition) is 4. The minimum Gasteiger partial charge on any atom is -0.350 e. The molecule has 0 bridgehead atoms. The largest absolute Gasteiger partial charge is 0.350 e. The average molecular weight is 318 g/mol. The SMILES string of the molecule is [B]c1c(C)c(S)c(S)c2c(C3=CCNCC3)c(S)[nH]c12. The lowest BCUT2D eigenvalue weighted by Crippen LogP contribution is -2.20. The molecule has 2 heterocycles. The van der Waals surface area contributed by atoms with Gasteiger partial charge in [0.15, 0.2) is 0 Å². The van der Waals surface area contributed by atoms with Gasteiger partial charge in [0, 0.05) is 32.8 Å². The Bertz CT molecular complexity index is 734. The molecule has 0 amide bonds. The normalized spacial score (nSPS) is 15.7. The van der Waals surface area contributed by atoms with Gasteiger partial charge in [-0.15, -0.1) is 37.9 Å². The fourth-order valence-corrected chi connectivity index (χ4v) is 3.69. The summed E-state index contributed by atoms with van der Waals surface area (Å²) in [6.45, 7) is 3.81. The van der Waals surface area contributed by atoms with Crippen LogP contribution < -0.4 is 10.8 Å². The number of rotatable bonds is 1. The Hall–Kier alpha value is -0.425. The summed E-state index contributed by atoms with van der Waals surface area (Å²) in [5.41, 5.74) is 4.97. The van der Waals surface area contributed by atoms with E-state index >= 15 is 0 Å². The van der Waals surface area contributed by atoms with Crippen LogP contribution in [0.5, 0.6) is 0 Å². The molecule has 0 saturated carbocycles. The second-order valence-corrected chi connectivity index (χ2v) is 6.36. The van der Waals surface area contributed by atoms with Crippen molar-refractivity contribution in [1.29, 1.82) is 0 Å². The molecule has 0 unspecified atom stereocenters. The highest BCUT2D eigenvalue weighted by atomic mass is 32.1. The zero-order valence-corrected chi connectivity index (χ0v) is 13.8. The van der Waals surface area contributed by atoms with E-state index in [1.165, 1.54) is 5.57 Å². The molecular formula is C14H15BN2S3. The summed E-state index contributed by atoms with van der Waals surface area (Å²) in [6.07, 6.45) is 3.18. The summed E-state index contributed by atoms with van der Waals surface area (Å²) in [5, 5.41) is 5.19. The molecule has 6 heteroatoms. The van der Waals surface area contributed by atoms with Crippen molar-refractivity contribution in [2.45, 2.75) is 28.2 Å². The zero-order valence-electron chi connectivity index (χ0n) is 11.1. The number of fused-ring (bicyclic) bond motifs is 1. The van der Waals surface area contributed by atoms with Gasteiger partial charge in [0.2, 0.25) is 0 Å². The first-order chi connectivity index (χ1) is 9.52. The second kappa shape index (κ2) is 5.41. The minimum atomic E-state index is 0.721. The number of aromatic nitrogens is 1. The van der Waals surface area contributed by atoms with Crippen molar-refractivity contribution in [2.75, 3.05) is 13.1 Å². The molecule has 0 saturated heterocycles. The van der Waals surface area contributed by atoms with Gasteiger partial charge in [-0.2, -0.15) is 0 Å². The maximum Gasteiger partial charge on any atom is 0.117 e. The predicted octanol–water partition coefficient (Wildman–Crippen LogP) is 2.51. The predicted molar refractivity (Wildman–Crippen MR) is 95.6 cm³/mol. The fourth-order valence-electron chi connectivity index (χ4n) is 2.70. The van der Waals surface area contributed by atoms with Crippen LogP contribution in [-0.2, 0) is 0 Å². The maximum absolute atomic E-state index is 6.22. The van der Waals surface area contributed by atoms with Gasteiger partial charge in [0.1, 0.15) is 7.85 Å². The fraction of sp³-hybridized carbons (Fsp3) is 0.286. The lowest BCUT2D eigenvalue weighted by Gasteiger charge is -2.16. The van der Waals surface area contributed by atoms with Crippen LogP contribution in [0.2, 0.25) is 0 Å². The molecule has 2 radical (unpaired) electrons. The summed E-state index contributed by atoms with van der Waals surface area (Å²) >= 11 is 13.8. The third kappa shape index (κ3) is 2.13. The average Bonchev–Trinajstić information content (AvgIpc) is 2.81. The van der Waals surface area contributed by atoms with E-state index in [2.05, 4.69) is 54.3 Å². The molecular weight excluding hydrogens is 303 g/mol. The molecule has 0 atom stereocenters. The van der Waals surface area contributed by atoms with Crippen molar-refractivity contribution in [3.63, 3.8) is 0 Å². The molecule has 1 aliphatic heterocycles. The van der Waals surface area contributed by atoms with Crippen LogP contribution >= 0.6 is 37.9 Å². The van der Waals surface area contributed by atoms with E-state index < -0.39 is 0 Å². The summed E-state index contributed by atoms with van der Waals surface area (Å²) in [7, 11) is 6.22. The molecule has 0 spiro atoms. The van der Waals surface area contributed by atoms with E-state index in [4.69, 9.17) is 7.85 Å². The molecule has 102 valence electrons. The molecule has 1 aromatic heterocycles. The summed E-state index contributed by atoms with van der Waals surface area (Å²) < 4.78 is 0. The minimum absolute atomic E-state index is 0.721. The van der Waals surface area contributed by atoms with Crippen LogP contribution in [0.15, 0.2) is 20.9 Å². The van der Waals surface area contributed by atoms with Crippen molar-refractivity contribution in [3.05, 3.63) is 17.2 Å². The van der Waals surface area contributed by atoms with Crippen LogP contribution in [0.25, 0.3) is 16.5 Å². The smallest absolute Gasteiger partial charge is 0.117 e. The summed E-state index contributed by atoms with van der Waals surface area (Å²) in [6, 6.07) is 0. The third-order valence-corrected chi connectivity index (χ3v) is 5.37. The van der Waals surface area contributed by atoms with Gasteiger partial charge < -0.3 is 10.3 Å². The first-order valence-corrected chi connectivity index (χ1v) is 7.81. The summed E-state index contributed by atoms with van der Waals surface area (Å²) in [4.78, 5) is 4.99. The second-order valence-electron chi connectivity index (χ2n) is 5.02. The van der Waals surface area contributed by atoms with Crippen LogP contribution in [0.4, 0.5) is 0 Å². The number of benzene rings is 1. The Morgan fingerprint density at radius 3 is 2.60 bits per heavy atom. The van der Waals surface area contributed by atoms with Crippen molar-refractivity contribution in [1.82, 2.24) is 10.3 Å². The number of H-pyrrole nitrogens is 1. The van der Waals surface area contributed by atoms with Gasteiger partial charge in [-0.3, -0.25) is 0 Å². The van der Waals surface area contributed by atoms with Gasteiger partial charge in [-0.25, -0.2) is 0 Å². The topological polar surface area (TPSA) is 27.8 Å². The molecule has 0 aliphatic carbocycles. The van der Waals surface area contributed by atoms with Crippen LogP contribution in [0, 0.1) is 6.92 Å². The molecule has 2 nitrogen and oxygen atoms in total. The highest BCUT2D eigenvalue weighted by Gasteiger charge is 2.20. The van der Waals surface area contributed by atoms with E-state index in [9.17, 15) is 0 Å². The highest BCUT2D eigenvalue weighted by Crippen LogP contribution is 2.39. The number of aromatic amines is 1. The van der Waals surface area contributed by atoms with E-state index in [0.29, 0.717) is 0 Å². The highest BCUT2D eigenvalue weighted by molar-refractivity contribution is 7.83. The molecule has 2 aromatic rings. The number of nitrogens with one attached hydrogen (secondary N) is 2.